The van der Waals surface area contributed by atoms with Crippen LogP contribution in [0.4, 0.5) is 10.5 Å². The van der Waals surface area contributed by atoms with E-state index in [4.69, 9.17) is 4.74 Å². The summed E-state index contributed by atoms with van der Waals surface area (Å²) in [5.74, 6) is 0.0293. The van der Waals surface area contributed by atoms with Crippen molar-refractivity contribution >= 4 is 29.5 Å². The second-order valence-corrected chi connectivity index (χ2v) is 13.5. The maximum atomic E-state index is 14.0. The number of carbonyl (C=O) groups excluding carboxylic acids is 4. The highest BCUT2D eigenvalue weighted by molar-refractivity contribution is 6.01. The van der Waals surface area contributed by atoms with Crippen molar-refractivity contribution in [3.63, 3.8) is 0 Å². The highest BCUT2D eigenvalue weighted by Crippen LogP contribution is 2.51. The minimum absolute atomic E-state index is 0.0602. The van der Waals surface area contributed by atoms with Crippen LogP contribution in [0.2, 0.25) is 0 Å². The summed E-state index contributed by atoms with van der Waals surface area (Å²) < 4.78 is 6.62. The summed E-state index contributed by atoms with van der Waals surface area (Å²) in [6.07, 6.45) is 9.59. The number of likely N-dealkylation sites (tertiary alicyclic amines) is 1. The van der Waals surface area contributed by atoms with Crippen molar-refractivity contribution < 1.29 is 23.9 Å². The molecule has 1 aromatic carbocycles. The fraction of sp³-hybridized carbons (Fsp3) is 0.606. The molecule has 2 atom stereocenters. The predicted molar refractivity (Wildman–Crippen MR) is 163 cm³/mol. The van der Waals surface area contributed by atoms with Gasteiger partial charge in [0.1, 0.15) is 17.3 Å². The molecule has 1 unspecified atom stereocenters. The van der Waals surface area contributed by atoms with Crippen LogP contribution >= 0.6 is 0 Å². The number of amides is 4. The van der Waals surface area contributed by atoms with Gasteiger partial charge in [0.25, 0.3) is 11.8 Å². The van der Waals surface area contributed by atoms with Crippen molar-refractivity contribution in [1.29, 1.82) is 0 Å². The summed E-state index contributed by atoms with van der Waals surface area (Å²) in [4.78, 5) is 55.8. The summed E-state index contributed by atoms with van der Waals surface area (Å²) >= 11 is 0. The first kappa shape index (κ1) is 30.1. The molecule has 0 radical (unpaired) electrons. The molecule has 1 aromatic heterocycles. The van der Waals surface area contributed by atoms with Crippen LogP contribution in [-0.4, -0.2) is 64.7 Å². The number of ether oxygens (including phenoxy) is 1. The Bertz CT molecular complexity index is 1420. The van der Waals surface area contributed by atoms with Gasteiger partial charge in [-0.3, -0.25) is 24.0 Å². The van der Waals surface area contributed by atoms with Crippen LogP contribution in [-0.2, 0) is 26.9 Å². The third-order valence-electron chi connectivity index (χ3n) is 10.3. The second-order valence-electron chi connectivity index (χ2n) is 13.5. The van der Waals surface area contributed by atoms with Gasteiger partial charge in [0.2, 0.25) is 5.91 Å². The fourth-order valence-corrected chi connectivity index (χ4v) is 7.35. The number of hydrogen-bond acceptors (Lipinski definition) is 6. The number of aryl methyl sites for hydroxylation is 1. The Morgan fingerprint density at radius 1 is 1.05 bits per heavy atom. The molecule has 44 heavy (non-hydrogen) atoms. The Morgan fingerprint density at radius 3 is 2.36 bits per heavy atom. The normalized spacial score (nSPS) is 23.0. The van der Waals surface area contributed by atoms with Crippen LogP contribution in [0, 0.1) is 23.2 Å². The molecule has 4 amide bonds. The topological polar surface area (TPSA) is 135 Å². The number of carbonyl (C=O) groups is 4. The number of nitrogens with zero attached hydrogens (tertiary/aromatic N) is 3. The van der Waals surface area contributed by atoms with Crippen LogP contribution in [0.3, 0.4) is 0 Å². The van der Waals surface area contributed by atoms with E-state index in [0.29, 0.717) is 54.7 Å². The Balaban J connectivity index is 1.27. The van der Waals surface area contributed by atoms with E-state index in [1.54, 1.807) is 37.5 Å². The monoisotopic (exact) mass is 604 g/mol. The Hall–Kier alpha value is -3.89. The van der Waals surface area contributed by atoms with Crippen molar-refractivity contribution in [3.05, 3.63) is 47.8 Å². The number of aromatic nitrogens is 2. The zero-order valence-corrected chi connectivity index (χ0v) is 25.9. The predicted octanol–water partition coefficient (Wildman–Crippen LogP) is 3.96. The van der Waals surface area contributed by atoms with Crippen molar-refractivity contribution in [2.75, 3.05) is 25.5 Å². The van der Waals surface area contributed by atoms with Gasteiger partial charge < -0.3 is 20.7 Å². The molecule has 1 saturated heterocycles. The van der Waals surface area contributed by atoms with Crippen molar-refractivity contribution in [1.82, 2.24) is 25.3 Å². The molecule has 4 aliphatic rings. The average Bonchev–Trinajstić information content (AvgIpc) is 3.93. The van der Waals surface area contributed by atoms with Gasteiger partial charge in [-0.1, -0.05) is 25.5 Å². The summed E-state index contributed by atoms with van der Waals surface area (Å²) in [5, 5.41) is 13.4. The molecule has 6 rings (SSSR count). The highest BCUT2D eigenvalue weighted by Gasteiger charge is 2.52. The van der Waals surface area contributed by atoms with E-state index >= 15 is 0 Å². The summed E-state index contributed by atoms with van der Waals surface area (Å²) in [7, 11) is 3.03. The number of hydrogen-bond donors (Lipinski definition) is 3. The first-order chi connectivity index (χ1) is 21.1. The molecule has 2 heterocycles. The van der Waals surface area contributed by atoms with E-state index in [0.717, 1.165) is 44.9 Å². The molecule has 1 aliphatic heterocycles. The van der Waals surface area contributed by atoms with Crippen LogP contribution in [0.15, 0.2) is 36.5 Å². The summed E-state index contributed by atoms with van der Waals surface area (Å²) in [5.41, 5.74) is 0.322. The molecule has 0 spiro atoms. The maximum absolute atomic E-state index is 14.0. The van der Waals surface area contributed by atoms with E-state index in [9.17, 15) is 19.2 Å². The number of nitrogens with one attached hydrogen (secondary N) is 3. The van der Waals surface area contributed by atoms with Gasteiger partial charge in [-0.2, -0.15) is 5.10 Å². The molecular weight excluding hydrogens is 560 g/mol. The van der Waals surface area contributed by atoms with Gasteiger partial charge >= 0.3 is 6.09 Å². The summed E-state index contributed by atoms with van der Waals surface area (Å²) in [6.45, 7) is 3.10. The standard InChI is InChI=1S/C33H44N6O5/c1-32(14-5-15-32)20-34-30(42)33(16-6-18-39(33)31(43)44-3)23-7-4-8-24(19-23)36-29(41)27(26(21-9-10-21)22-11-12-22)37-28(40)25-13-17-35-38(25)2/h4,7-8,13,17,19,21-22,26-27H,5-6,9-12,14-16,18,20H2,1-3H3,(H,34,42)(H,36,41)(H,37,40)/t27-,33?/m0/s1. The average molecular weight is 605 g/mol. The molecule has 3 saturated carbocycles. The SMILES string of the molecule is COC(=O)N1CCCC1(C(=O)NCC1(C)CCC1)c1cccc(NC(=O)[C@@H](NC(=O)c2ccnn2C)C(C2CC2)C2CC2)c1. The van der Waals surface area contributed by atoms with Crippen LogP contribution in [0.1, 0.15) is 80.8 Å². The molecule has 2 aromatic rings. The number of anilines is 1. The largest absolute Gasteiger partial charge is 0.453 e. The lowest BCUT2D eigenvalue weighted by Crippen LogP contribution is -2.56. The molecule has 11 heteroatoms. The van der Waals surface area contributed by atoms with Crippen LogP contribution in [0.5, 0.6) is 0 Å². The lowest BCUT2D eigenvalue weighted by Gasteiger charge is -2.41. The third kappa shape index (κ3) is 5.80. The lowest BCUT2D eigenvalue weighted by atomic mass is 9.70. The third-order valence-corrected chi connectivity index (χ3v) is 10.3. The van der Waals surface area contributed by atoms with Gasteiger partial charge in [-0.05, 0) is 98.3 Å². The number of methoxy groups -OCH3 is 1. The molecule has 11 nitrogen and oxygen atoms in total. The quantitative estimate of drug-likeness (QED) is 0.356. The van der Waals surface area contributed by atoms with E-state index in [1.807, 2.05) is 6.07 Å². The first-order valence-corrected chi connectivity index (χ1v) is 16.0. The minimum atomic E-state index is -1.26. The van der Waals surface area contributed by atoms with Crippen molar-refractivity contribution in [2.45, 2.75) is 76.3 Å². The first-order valence-electron chi connectivity index (χ1n) is 16.0. The van der Waals surface area contributed by atoms with E-state index < -0.39 is 17.7 Å². The minimum Gasteiger partial charge on any atom is -0.453 e. The number of benzene rings is 1. The molecule has 3 aliphatic carbocycles. The molecule has 236 valence electrons. The van der Waals surface area contributed by atoms with Crippen molar-refractivity contribution in [3.8, 4) is 0 Å². The van der Waals surface area contributed by atoms with Gasteiger partial charge in [-0.25, -0.2) is 4.79 Å². The Kier molecular flexibility index (Phi) is 8.15. The molecule has 0 bridgehead atoms. The fourth-order valence-electron chi connectivity index (χ4n) is 7.35. The lowest BCUT2D eigenvalue weighted by molar-refractivity contribution is -0.132. The summed E-state index contributed by atoms with van der Waals surface area (Å²) in [6, 6.07) is 8.13. The molecule has 3 N–H and O–H groups in total. The van der Waals surface area contributed by atoms with E-state index in [1.165, 1.54) is 16.7 Å². The van der Waals surface area contributed by atoms with E-state index in [2.05, 4.69) is 28.0 Å². The molecule has 4 fully saturated rings. The number of rotatable bonds is 11. The highest BCUT2D eigenvalue weighted by atomic mass is 16.5. The van der Waals surface area contributed by atoms with Gasteiger partial charge in [-0.15, -0.1) is 0 Å². The van der Waals surface area contributed by atoms with Gasteiger partial charge in [0, 0.05) is 32.0 Å². The molecular formula is C33H44N6O5. The Morgan fingerprint density at radius 2 is 1.77 bits per heavy atom. The van der Waals surface area contributed by atoms with E-state index in [-0.39, 0.29) is 29.1 Å². The zero-order chi connectivity index (χ0) is 31.1. The van der Waals surface area contributed by atoms with Crippen LogP contribution in [0.25, 0.3) is 0 Å². The Labute approximate surface area is 258 Å². The smallest absolute Gasteiger partial charge is 0.410 e. The van der Waals surface area contributed by atoms with Gasteiger partial charge in [0.15, 0.2) is 0 Å². The second kappa shape index (κ2) is 11.9. The zero-order valence-electron chi connectivity index (χ0n) is 25.9. The van der Waals surface area contributed by atoms with Crippen molar-refractivity contribution in [2.24, 2.45) is 30.2 Å². The van der Waals surface area contributed by atoms with Crippen LogP contribution < -0.4 is 16.0 Å². The maximum Gasteiger partial charge on any atom is 0.410 e. The van der Waals surface area contributed by atoms with Gasteiger partial charge in [0.05, 0.1) is 7.11 Å².